The summed E-state index contributed by atoms with van der Waals surface area (Å²) in [5, 5.41) is 1.94. The molecule has 7 nitrogen and oxygen atoms in total. The van der Waals surface area contributed by atoms with E-state index in [0.29, 0.717) is 17.3 Å². The van der Waals surface area contributed by atoms with Crippen molar-refractivity contribution in [2.75, 3.05) is 6.61 Å². The Kier molecular flexibility index (Phi) is 5.40. The Labute approximate surface area is 154 Å². The number of furan rings is 1. The summed E-state index contributed by atoms with van der Waals surface area (Å²) in [6.07, 6.45) is 0. The average molecular weight is 392 g/mol. The molecule has 136 valence electrons. The summed E-state index contributed by atoms with van der Waals surface area (Å²) in [6, 6.07) is 13.1. The SMILES string of the molecule is NC(=O)COc1ccc(S(=O)(=O)NCc2ccc(-c3cccs3)o2)cc1. The molecule has 0 unspecified atom stereocenters. The highest BCUT2D eigenvalue weighted by Gasteiger charge is 2.15. The van der Waals surface area contributed by atoms with Gasteiger partial charge in [0.2, 0.25) is 10.0 Å². The van der Waals surface area contributed by atoms with E-state index in [4.69, 9.17) is 14.9 Å². The zero-order valence-corrected chi connectivity index (χ0v) is 15.2. The molecular formula is C17H16N2O5S2. The molecule has 0 fully saturated rings. The molecule has 1 amide bonds. The van der Waals surface area contributed by atoms with Crippen LogP contribution in [0.25, 0.3) is 10.6 Å². The third kappa shape index (κ3) is 4.51. The number of carbonyl (C=O) groups excluding carboxylic acids is 1. The van der Waals surface area contributed by atoms with E-state index >= 15 is 0 Å². The first kappa shape index (κ1) is 18.2. The van der Waals surface area contributed by atoms with E-state index in [1.54, 1.807) is 23.5 Å². The van der Waals surface area contributed by atoms with Gasteiger partial charge in [0.15, 0.2) is 6.61 Å². The summed E-state index contributed by atoms with van der Waals surface area (Å²) < 4.78 is 37.9. The Morgan fingerprint density at radius 3 is 2.58 bits per heavy atom. The van der Waals surface area contributed by atoms with Crippen LogP contribution in [0.15, 0.2) is 63.2 Å². The van der Waals surface area contributed by atoms with Crippen molar-refractivity contribution in [3.63, 3.8) is 0 Å². The molecule has 0 spiro atoms. The number of sulfonamides is 1. The molecule has 3 aromatic rings. The number of primary amides is 1. The first-order valence-electron chi connectivity index (χ1n) is 7.57. The molecular weight excluding hydrogens is 376 g/mol. The van der Waals surface area contributed by atoms with Crippen LogP contribution in [0.1, 0.15) is 5.76 Å². The highest BCUT2D eigenvalue weighted by molar-refractivity contribution is 7.89. The van der Waals surface area contributed by atoms with Crippen LogP contribution in [0.5, 0.6) is 5.75 Å². The summed E-state index contributed by atoms with van der Waals surface area (Å²) >= 11 is 1.54. The number of carbonyl (C=O) groups is 1. The Morgan fingerprint density at radius 1 is 1.15 bits per heavy atom. The molecule has 2 heterocycles. The number of ether oxygens (including phenoxy) is 1. The van der Waals surface area contributed by atoms with Crippen molar-refractivity contribution < 1.29 is 22.4 Å². The van der Waals surface area contributed by atoms with E-state index in [1.807, 2.05) is 17.5 Å². The molecule has 9 heteroatoms. The maximum atomic E-state index is 12.4. The topological polar surface area (TPSA) is 112 Å². The van der Waals surface area contributed by atoms with Gasteiger partial charge in [0.1, 0.15) is 17.3 Å². The lowest BCUT2D eigenvalue weighted by Crippen LogP contribution is -2.23. The van der Waals surface area contributed by atoms with E-state index in [2.05, 4.69) is 4.72 Å². The zero-order chi connectivity index (χ0) is 18.6. The van der Waals surface area contributed by atoms with Crippen LogP contribution in [0.3, 0.4) is 0 Å². The molecule has 26 heavy (non-hydrogen) atoms. The van der Waals surface area contributed by atoms with E-state index in [-0.39, 0.29) is 18.0 Å². The third-order valence-electron chi connectivity index (χ3n) is 3.38. The minimum absolute atomic E-state index is 0.0354. The Balaban J connectivity index is 1.63. The fourth-order valence-electron chi connectivity index (χ4n) is 2.14. The van der Waals surface area contributed by atoms with Gasteiger partial charge in [0.25, 0.3) is 5.91 Å². The smallest absolute Gasteiger partial charge is 0.255 e. The van der Waals surface area contributed by atoms with Crippen molar-refractivity contribution in [1.82, 2.24) is 4.72 Å². The molecule has 0 saturated heterocycles. The highest BCUT2D eigenvalue weighted by Crippen LogP contribution is 2.26. The maximum Gasteiger partial charge on any atom is 0.255 e. The summed E-state index contributed by atoms with van der Waals surface area (Å²) in [5.41, 5.74) is 4.99. The Bertz CT molecular complexity index is 977. The molecule has 0 saturated carbocycles. The van der Waals surface area contributed by atoms with Gasteiger partial charge < -0.3 is 14.9 Å². The van der Waals surface area contributed by atoms with Crippen molar-refractivity contribution >= 4 is 27.3 Å². The quantitative estimate of drug-likeness (QED) is 0.611. The monoisotopic (exact) mass is 392 g/mol. The minimum Gasteiger partial charge on any atom is -0.484 e. The van der Waals surface area contributed by atoms with Crippen molar-refractivity contribution in [2.24, 2.45) is 5.73 Å². The van der Waals surface area contributed by atoms with Gasteiger partial charge in [-0.1, -0.05) is 6.07 Å². The maximum absolute atomic E-state index is 12.4. The first-order chi connectivity index (χ1) is 12.4. The largest absolute Gasteiger partial charge is 0.484 e. The van der Waals surface area contributed by atoms with Crippen molar-refractivity contribution in [2.45, 2.75) is 11.4 Å². The Hall–Kier alpha value is -2.62. The van der Waals surface area contributed by atoms with Crippen LogP contribution in [0, 0.1) is 0 Å². The predicted molar refractivity (Wildman–Crippen MR) is 97.2 cm³/mol. The van der Waals surface area contributed by atoms with E-state index in [1.165, 1.54) is 24.3 Å². The Morgan fingerprint density at radius 2 is 1.92 bits per heavy atom. The van der Waals surface area contributed by atoms with Gasteiger partial charge in [-0.3, -0.25) is 4.79 Å². The van der Waals surface area contributed by atoms with Crippen molar-refractivity contribution in [3.8, 4) is 16.4 Å². The summed E-state index contributed by atoms with van der Waals surface area (Å²) in [7, 11) is -3.71. The number of rotatable bonds is 8. The number of thiophene rings is 1. The van der Waals surface area contributed by atoms with Crippen LogP contribution in [-0.4, -0.2) is 20.9 Å². The van der Waals surface area contributed by atoms with E-state index in [0.717, 1.165) is 4.88 Å². The summed E-state index contributed by atoms with van der Waals surface area (Å²) in [4.78, 5) is 11.7. The number of amides is 1. The van der Waals surface area contributed by atoms with Crippen LogP contribution in [-0.2, 0) is 21.4 Å². The highest BCUT2D eigenvalue weighted by atomic mass is 32.2. The second-order valence-electron chi connectivity index (χ2n) is 5.29. The lowest BCUT2D eigenvalue weighted by atomic mass is 10.3. The van der Waals surface area contributed by atoms with Gasteiger partial charge in [-0.05, 0) is 47.8 Å². The van der Waals surface area contributed by atoms with Gasteiger partial charge in [0.05, 0.1) is 16.3 Å². The molecule has 0 atom stereocenters. The number of nitrogens with two attached hydrogens (primary N) is 1. The van der Waals surface area contributed by atoms with Gasteiger partial charge in [-0.25, -0.2) is 13.1 Å². The minimum atomic E-state index is -3.71. The van der Waals surface area contributed by atoms with Crippen LogP contribution >= 0.6 is 11.3 Å². The van der Waals surface area contributed by atoms with Crippen LogP contribution < -0.4 is 15.2 Å². The first-order valence-corrected chi connectivity index (χ1v) is 9.94. The molecule has 0 aliphatic heterocycles. The van der Waals surface area contributed by atoms with Crippen molar-refractivity contribution in [1.29, 1.82) is 0 Å². The molecule has 0 aliphatic carbocycles. The fraction of sp³-hybridized carbons (Fsp3) is 0.118. The van der Waals surface area contributed by atoms with Gasteiger partial charge in [-0.15, -0.1) is 11.3 Å². The third-order valence-corrected chi connectivity index (χ3v) is 5.68. The summed E-state index contributed by atoms with van der Waals surface area (Å²) in [6.45, 7) is -0.233. The number of benzene rings is 1. The molecule has 2 aromatic heterocycles. The normalized spacial score (nSPS) is 11.4. The van der Waals surface area contributed by atoms with E-state index < -0.39 is 15.9 Å². The molecule has 3 rings (SSSR count). The van der Waals surface area contributed by atoms with E-state index in [9.17, 15) is 13.2 Å². The lowest BCUT2D eigenvalue weighted by Gasteiger charge is -2.07. The molecule has 0 aliphatic rings. The predicted octanol–water partition coefficient (Wildman–Crippen LogP) is 2.35. The van der Waals surface area contributed by atoms with Crippen LogP contribution in [0.2, 0.25) is 0 Å². The molecule has 0 radical (unpaired) electrons. The second-order valence-corrected chi connectivity index (χ2v) is 8.01. The van der Waals surface area contributed by atoms with Gasteiger partial charge >= 0.3 is 0 Å². The second kappa shape index (κ2) is 7.73. The zero-order valence-electron chi connectivity index (χ0n) is 13.5. The average Bonchev–Trinajstić information content (AvgIpc) is 3.30. The lowest BCUT2D eigenvalue weighted by molar-refractivity contribution is -0.119. The van der Waals surface area contributed by atoms with Crippen molar-refractivity contribution in [3.05, 3.63) is 59.7 Å². The fourth-order valence-corrected chi connectivity index (χ4v) is 3.82. The number of nitrogens with one attached hydrogen (secondary N) is 1. The number of hydrogen-bond donors (Lipinski definition) is 2. The molecule has 1 aromatic carbocycles. The standard InChI is InChI=1S/C17H16N2O5S2/c18-17(20)11-23-12-3-6-14(7-4-12)26(21,22)19-10-13-5-8-15(24-13)16-2-1-9-25-16/h1-9,19H,10-11H2,(H2,18,20). The van der Waals surface area contributed by atoms with Gasteiger partial charge in [0, 0.05) is 0 Å². The molecule has 0 bridgehead atoms. The summed E-state index contributed by atoms with van der Waals surface area (Å²) in [5.74, 6) is 0.960. The van der Waals surface area contributed by atoms with Gasteiger partial charge in [-0.2, -0.15) is 0 Å². The number of hydrogen-bond acceptors (Lipinski definition) is 6. The van der Waals surface area contributed by atoms with Crippen LogP contribution in [0.4, 0.5) is 0 Å². The molecule has 3 N–H and O–H groups in total.